The normalized spacial score (nSPS) is 12.5. The number of nitro groups is 1. The van der Waals surface area contributed by atoms with Gasteiger partial charge < -0.3 is 13.9 Å². The van der Waals surface area contributed by atoms with Crippen LogP contribution >= 0.6 is 0 Å². The molecule has 0 radical (unpaired) electrons. The minimum atomic E-state index is -3.00. The second kappa shape index (κ2) is 18.3. The quantitative estimate of drug-likeness (QED) is 0.0230. The van der Waals surface area contributed by atoms with E-state index in [4.69, 9.17) is 13.9 Å². The Kier molecular flexibility index (Phi) is 13.1. The van der Waals surface area contributed by atoms with Crippen molar-refractivity contribution < 1.29 is 23.6 Å². The van der Waals surface area contributed by atoms with E-state index in [1.165, 1.54) is 34.6 Å². The molecule has 7 nitrogen and oxygen atoms in total. The molecular formula is C48H49NO6Si. The molecule has 6 aromatic rings. The van der Waals surface area contributed by atoms with Crippen LogP contribution in [0.4, 0.5) is 5.69 Å². The number of benzene rings is 6. The molecule has 0 N–H and O–H groups in total. The lowest BCUT2D eigenvalue weighted by molar-refractivity contribution is -0.384. The Bertz CT molecular complexity index is 1990. The fourth-order valence-electron chi connectivity index (χ4n) is 7.55. The average Bonchev–Trinajstić information content (AvgIpc) is 3.24. The fraction of sp³-hybridized carbons (Fsp3) is 0.229. The third kappa shape index (κ3) is 8.89. The highest BCUT2D eigenvalue weighted by atomic mass is 28.4. The first-order valence-corrected chi connectivity index (χ1v) is 21.1. The summed E-state index contributed by atoms with van der Waals surface area (Å²) in [6, 6.07) is 57.8. The van der Waals surface area contributed by atoms with Crippen LogP contribution < -0.4 is 10.4 Å². The molecule has 0 bridgehead atoms. The van der Waals surface area contributed by atoms with Crippen LogP contribution in [-0.4, -0.2) is 38.5 Å². The minimum absolute atomic E-state index is 0.0773. The number of rotatable bonds is 17. The van der Waals surface area contributed by atoms with Crippen molar-refractivity contribution in [3.8, 4) is 0 Å². The zero-order valence-electron chi connectivity index (χ0n) is 32.3. The van der Waals surface area contributed by atoms with Crippen LogP contribution in [0.1, 0.15) is 67.1 Å². The Morgan fingerprint density at radius 1 is 0.625 bits per heavy atom. The summed E-state index contributed by atoms with van der Waals surface area (Å²) in [6.45, 7) is 7.31. The van der Waals surface area contributed by atoms with E-state index in [1.807, 2.05) is 66.7 Å². The van der Waals surface area contributed by atoms with Crippen molar-refractivity contribution in [2.24, 2.45) is 0 Å². The largest absolute Gasteiger partial charge is 0.462 e. The van der Waals surface area contributed by atoms with E-state index >= 15 is 0 Å². The summed E-state index contributed by atoms with van der Waals surface area (Å²) in [5.41, 5.74) is 2.30. The summed E-state index contributed by atoms with van der Waals surface area (Å²) in [7, 11) is -3.00. The fourth-order valence-corrected chi connectivity index (χ4v) is 12.2. The maximum atomic E-state index is 12.8. The van der Waals surface area contributed by atoms with Gasteiger partial charge in [-0.05, 0) is 63.5 Å². The second-order valence-electron chi connectivity index (χ2n) is 14.9. The molecular weight excluding hydrogens is 715 g/mol. The molecule has 0 saturated carbocycles. The van der Waals surface area contributed by atoms with E-state index in [2.05, 4.69) is 106 Å². The molecule has 0 aliphatic heterocycles. The SMILES string of the molecule is CC(C)(C)[Si](OC(CCCCOC(=O)c1ccc([N+](=O)[O-])cc1)COC(c1ccccc1)(c1ccccc1)c1ccccc1)(c1ccccc1)c1ccccc1. The van der Waals surface area contributed by atoms with Gasteiger partial charge >= 0.3 is 5.97 Å². The van der Waals surface area contributed by atoms with E-state index in [0.29, 0.717) is 19.3 Å². The van der Waals surface area contributed by atoms with Crippen LogP contribution in [0.3, 0.4) is 0 Å². The van der Waals surface area contributed by atoms with Gasteiger partial charge in [-0.2, -0.15) is 0 Å². The lowest BCUT2D eigenvalue weighted by atomic mass is 9.80. The van der Waals surface area contributed by atoms with Crippen molar-refractivity contribution in [1.29, 1.82) is 0 Å². The van der Waals surface area contributed by atoms with E-state index in [1.54, 1.807) is 0 Å². The summed E-state index contributed by atoms with van der Waals surface area (Å²) in [4.78, 5) is 23.4. The third-order valence-electron chi connectivity index (χ3n) is 10.3. The second-order valence-corrected chi connectivity index (χ2v) is 19.2. The maximum Gasteiger partial charge on any atom is 0.338 e. The van der Waals surface area contributed by atoms with Crippen molar-refractivity contribution >= 4 is 30.3 Å². The van der Waals surface area contributed by atoms with E-state index in [9.17, 15) is 14.9 Å². The average molecular weight is 764 g/mol. The molecule has 0 aliphatic carbocycles. The number of nitrogens with zero attached hydrogens (tertiary/aromatic N) is 1. The van der Waals surface area contributed by atoms with E-state index in [0.717, 1.165) is 16.7 Å². The lowest BCUT2D eigenvalue weighted by Gasteiger charge is -2.46. The van der Waals surface area contributed by atoms with Crippen LogP contribution in [0, 0.1) is 10.1 Å². The summed E-state index contributed by atoms with van der Waals surface area (Å²) >= 11 is 0. The molecule has 0 heterocycles. The highest BCUT2D eigenvalue weighted by Crippen LogP contribution is 2.42. The predicted molar refractivity (Wildman–Crippen MR) is 225 cm³/mol. The zero-order valence-corrected chi connectivity index (χ0v) is 33.3. The summed E-state index contributed by atoms with van der Waals surface area (Å²) in [5.74, 6) is -0.512. The van der Waals surface area contributed by atoms with Crippen molar-refractivity contribution in [3.63, 3.8) is 0 Å². The number of carbonyl (C=O) groups excluding carboxylic acids is 1. The highest BCUT2D eigenvalue weighted by molar-refractivity contribution is 6.99. The number of nitro benzene ring substituents is 1. The molecule has 0 saturated heterocycles. The molecule has 8 heteroatoms. The zero-order chi connectivity index (χ0) is 39.4. The van der Waals surface area contributed by atoms with Gasteiger partial charge in [-0.3, -0.25) is 10.1 Å². The van der Waals surface area contributed by atoms with Crippen LogP contribution in [-0.2, 0) is 19.5 Å². The minimum Gasteiger partial charge on any atom is -0.462 e. The van der Waals surface area contributed by atoms with Gasteiger partial charge in [0, 0.05) is 12.1 Å². The smallest absolute Gasteiger partial charge is 0.338 e. The van der Waals surface area contributed by atoms with Crippen LogP contribution in [0.25, 0.3) is 0 Å². The highest BCUT2D eigenvalue weighted by Gasteiger charge is 2.51. The number of hydrogen-bond donors (Lipinski definition) is 0. The number of ether oxygens (including phenoxy) is 2. The van der Waals surface area contributed by atoms with Crippen molar-refractivity contribution in [2.45, 2.75) is 56.8 Å². The van der Waals surface area contributed by atoms with E-state index in [-0.39, 0.29) is 35.6 Å². The Morgan fingerprint density at radius 2 is 1.05 bits per heavy atom. The lowest BCUT2D eigenvalue weighted by Crippen LogP contribution is -2.68. The summed E-state index contributed by atoms with van der Waals surface area (Å²) in [6.07, 6.45) is 1.60. The van der Waals surface area contributed by atoms with Gasteiger partial charge in [0.1, 0.15) is 5.60 Å². The van der Waals surface area contributed by atoms with Gasteiger partial charge in [0.25, 0.3) is 14.0 Å². The molecule has 0 spiro atoms. The Hall–Kier alpha value is -5.67. The predicted octanol–water partition coefficient (Wildman–Crippen LogP) is 9.88. The number of hydrogen-bond acceptors (Lipinski definition) is 6. The number of unbranched alkanes of at least 4 members (excludes halogenated alkanes) is 1. The number of carbonyl (C=O) groups is 1. The number of non-ortho nitro benzene ring substituents is 1. The Balaban J connectivity index is 1.35. The van der Waals surface area contributed by atoms with Crippen LogP contribution in [0.15, 0.2) is 176 Å². The molecule has 0 aliphatic rings. The van der Waals surface area contributed by atoms with Gasteiger partial charge in [-0.25, -0.2) is 4.79 Å². The standard InChI is InChI=1S/C48H49NO6Si/c1-47(2,3)56(44-28-15-7-16-29-44,45-30-17-8-18-31-45)55-43(27-19-20-36-53-46(50)38-32-34-42(35-33-38)49(51)52)37-54-48(39-21-9-4-10-22-39,40-23-11-5-12-24-40)41-25-13-6-14-26-41/h4-18,21-26,28-35,43H,19-20,27,36-37H2,1-3H3. The first-order chi connectivity index (χ1) is 27.1. The first-order valence-electron chi connectivity index (χ1n) is 19.2. The van der Waals surface area contributed by atoms with Crippen molar-refractivity contribution in [3.05, 3.63) is 208 Å². The summed E-state index contributed by atoms with van der Waals surface area (Å²) < 4.78 is 20.8. The van der Waals surface area contributed by atoms with Gasteiger partial charge in [-0.1, -0.05) is 172 Å². The molecule has 1 unspecified atom stereocenters. The van der Waals surface area contributed by atoms with Crippen molar-refractivity contribution in [1.82, 2.24) is 0 Å². The summed E-state index contributed by atoms with van der Waals surface area (Å²) in [5, 5.41) is 13.2. The molecule has 0 aromatic heterocycles. The van der Waals surface area contributed by atoms with E-state index < -0.39 is 24.8 Å². The molecule has 0 fully saturated rings. The first kappa shape index (κ1) is 40.0. The monoisotopic (exact) mass is 763 g/mol. The van der Waals surface area contributed by atoms with Gasteiger partial charge in [0.2, 0.25) is 0 Å². The maximum absolute atomic E-state index is 12.8. The molecule has 0 amide bonds. The van der Waals surface area contributed by atoms with Crippen LogP contribution in [0.5, 0.6) is 0 Å². The Morgan fingerprint density at radius 3 is 1.46 bits per heavy atom. The van der Waals surface area contributed by atoms with Crippen molar-refractivity contribution in [2.75, 3.05) is 13.2 Å². The molecule has 1 atom stereocenters. The van der Waals surface area contributed by atoms with Gasteiger partial charge in [0.05, 0.1) is 29.8 Å². The third-order valence-corrected chi connectivity index (χ3v) is 15.3. The molecule has 56 heavy (non-hydrogen) atoms. The topological polar surface area (TPSA) is 87.9 Å². The molecule has 6 aromatic carbocycles. The van der Waals surface area contributed by atoms with Gasteiger partial charge in [-0.15, -0.1) is 0 Å². The van der Waals surface area contributed by atoms with Gasteiger partial charge in [0.15, 0.2) is 0 Å². The van der Waals surface area contributed by atoms with Crippen LogP contribution in [0.2, 0.25) is 5.04 Å². The Labute approximate surface area is 331 Å². The molecule has 6 rings (SSSR count). The molecule has 286 valence electrons. The number of esters is 1.